The van der Waals surface area contributed by atoms with Gasteiger partial charge < -0.3 is 15.4 Å². The zero-order valence-electron chi connectivity index (χ0n) is 14.4. The molecule has 0 aliphatic rings. The van der Waals surface area contributed by atoms with Crippen molar-refractivity contribution in [2.75, 3.05) is 13.7 Å². The lowest BCUT2D eigenvalue weighted by molar-refractivity contribution is -0.126. The van der Waals surface area contributed by atoms with E-state index >= 15 is 0 Å². The van der Waals surface area contributed by atoms with Crippen molar-refractivity contribution in [2.24, 2.45) is 5.73 Å². The summed E-state index contributed by atoms with van der Waals surface area (Å²) in [7, 11) is 1.78. The highest BCUT2D eigenvalue weighted by molar-refractivity contribution is 5.91. The minimum atomic E-state index is -0.523. The number of carbonyl (C=O) groups is 2. The summed E-state index contributed by atoms with van der Waals surface area (Å²) in [4.78, 5) is 24.7. The van der Waals surface area contributed by atoms with Crippen molar-refractivity contribution in [3.05, 3.63) is 71.8 Å². The molecular formula is C20H22N2O3. The Bertz CT molecular complexity index is 739. The van der Waals surface area contributed by atoms with Gasteiger partial charge in [-0.2, -0.15) is 0 Å². The van der Waals surface area contributed by atoms with Crippen molar-refractivity contribution in [3.63, 3.8) is 0 Å². The van der Waals surface area contributed by atoms with Crippen LogP contribution in [0.4, 0.5) is 0 Å². The Kier molecular flexibility index (Phi) is 6.34. The predicted octanol–water partition coefficient (Wildman–Crippen LogP) is 2.78. The first-order valence-corrected chi connectivity index (χ1v) is 7.98. The molecule has 0 fully saturated rings. The molecule has 2 rings (SSSR count). The van der Waals surface area contributed by atoms with Gasteiger partial charge >= 0.3 is 0 Å². The smallest absolute Gasteiger partial charge is 0.255 e. The predicted molar refractivity (Wildman–Crippen MR) is 97.8 cm³/mol. The second-order valence-corrected chi connectivity index (χ2v) is 5.69. The Morgan fingerprint density at radius 3 is 2.36 bits per heavy atom. The molecule has 25 heavy (non-hydrogen) atoms. The molecule has 5 heteroatoms. The van der Waals surface area contributed by atoms with E-state index in [1.807, 2.05) is 37.3 Å². The van der Waals surface area contributed by atoms with Crippen molar-refractivity contribution in [2.45, 2.75) is 13.0 Å². The highest BCUT2D eigenvalue weighted by Crippen LogP contribution is 2.19. The number of benzene rings is 2. The van der Waals surface area contributed by atoms with Crippen molar-refractivity contribution < 1.29 is 14.3 Å². The topological polar surface area (TPSA) is 72.6 Å². The molecule has 5 nitrogen and oxygen atoms in total. The summed E-state index contributed by atoms with van der Waals surface area (Å²) in [6.07, 6.45) is 3.28. The number of rotatable bonds is 7. The number of amides is 2. The number of carbonyl (C=O) groups excluding carboxylic acids is 2. The van der Waals surface area contributed by atoms with Crippen molar-refractivity contribution in [1.82, 2.24) is 4.90 Å². The van der Waals surface area contributed by atoms with E-state index in [0.717, 1.165) is 11.1 Å². The lowest BCUT2D eigenvalue weighted by atomic mass is 10.1. The molecule has 0 aliphatic heterocycles. The van der Waals surface area contributed by atoms with Crippen LogP contribution in [-0.2, 0) is 9.59 Å². The fourth-order valence-electron chi connectivity index (χ4n) is 2.26. The fraction of sp³-hybridized carbons (Fsp3) is 0.200. The second kappa shape index (κ2) is 8.68. The van der Waals surface area contributed by atoms with Crippen molar-refractivity contribution in [1.29, 1.82) is 0 Å². The van der Waals surface area contributed by atoms with Gasteiger partial charge in [0.05, 0.1) is 6.04 Å². The quantitative estimate of drug-likeness (QED) is 0.789. The van der Waals surface area contributed by atoms with Gasteiger partial charge in [0, 0.05) is 13.1 Å². The SMILES string of the molecule is CC(c1ccccc1)N(C)C(=O)C=Cc1ccc(OCC(N)=O)cc1. The maximum atomic E-state index is 12.3. The third-order valence-electron chi connectivity index (χ3n) is 3.89. The van der Waals surface area contributed by atoms with Gasteiger partial charge in [0.15, 0.2) is 6.61 Å². The first kappa shape index (κ1) is 18.3. The van der Waals surface area contributed by atoms with E-state index in [1.165, 1.54) is 0 Å². The molecule has 0 aromatic heterocycles. The van der Waals surface area contributed by atoms with Crippen LogP contribution in [0.1, 0.15) is 24.1 Å². The minimum absolute atomic E-state index is 0.0112. The molecule has 130 valence electrons. The van der Waals surface area contributed by atoms with Crippen LogP contribution in [0.3, 0.4) is 0 Å². The molecular weight excluding hydrogens is 316 g/mol. The summed E-state index contributed by atoms with van der Waals surface area (Å²) in [5.74, 6) is -0.0485. The number of nitrogens with zero attached hydrogens (tertiary/aromatic N) is 1. The molecule has 2 amide bonds. The van der Waals surface area contributed by atoms with E-state index in [9.17, 15) is 9.59 Å². The molecule has 2 aromatic rings. The largest absolute Gasteiger partial charge is 0.484 e. The average molecular weight is 338 g/mol. The van der Waals surface area contributed by atoms with Crippen molar-refractivity contribution >= 4 is 17.9 Å². The Labute approximate surface area is 147 Å². The molecule has 0 radical (unpaired) electrons. The Hall–Kier alpha value is -3.08. The Balaban J connectivity index is 1.96. The molecule has 2 N–H and O–H groups in total. The van der Waals surface area contributed by atoms with Crippen LogP contribution in [0.15, 0.2) is 60.7 Å². The maximum Gasteiger partial charge on any atom is 0.255 e. The van der Waals surface area contributed by atoms with E-state index in [4.69, 9.17) is 10.5 Å². The summed E-state index contributed by atoms with van der Waals surface area (Å²) in [5.41, 5.74) is 6.98. The fourth-order valence-corrected chi connectivity index (χ4v) is 2.26. The molecule has 0 aliphatic carbocycles. The van der Waals surface area contributed by atoms with Crippen LogP contribution >= 0.6 is 0 Å². The summed E-state index contributed by atoms with van der Waals surface area (Å²) in [6, 6.07) is 16.9. The van der Waals surface area contributed by atoms with E-state index < -0.39 is 5.91 Å². The van der Waals surface area contributed by atoms with Crippen molar-refractivity contribution in [3.8, 4) is 5.75 Å². The van der Waals surface area contributed by atoms with E-state index in [1.54, 1.807) is 48.4 Å². The molecule has 1 unspecified atom stereocenters. The molecule has 0 bridgehead atoms. The maximum absolute atomic E-state index is 12.3. The lowest BCUT2D eigenvalue weighted by Crippen LogP contribution is -2.27. The molecule has 0 heterocycles. The third kappa shape index (κ3) is 5.49. The van der Waals surface area contributed by atoms with Gasteiger partial charge in [0.2, 0.25) is 5.91 Å². The van der Waals surface area contributed by atoms with Crippen LogP contribution in [0.5, 0.6) is 5.75 Å². The Morgan fingerprint density at radius 2 is 1.76 bits per heavy atom. The van der Waals surface area contributed by atoms with Gasteiger partial charge in [-0.25, -0.2) is 0 Å². The van der Waals surface area contributed by atoms with Gasteiger partial charge in [0.25, 0.3) is 5.91 Å². The first-order valence-electron chi connectivity index (χ1n) is 7.98. The summed E-state index contributed by atoms with van der Waals surface area (Å²) < 4.78 is 5.19. The molecule has 1 atom stereocenters. The Morgan fingerprint density at radius 1 is 1.12 bits per heavy atom. The van der Waals surface area contributed by atoms with E-state index in [2.05, 4.69) is 0 Å². The third-order valence-corrected chi connectivity index (χ3v) is 3.89. The lowest BCUT2D eigenvalue weighted by Gasteiger charge is -2.24. The highest BCUT2D eigenvalue weighted by Gasteiger charge is 2.14. The monoisotopic (exact) mass is 338 g/mol. The number of nitrogens with two attached hydrogens (primary N) is 1. The average Bonchev–Trinajstić information content (AvgIpc) is 2.64. The van der Waals surface area contributed by atoms with Gasteiger partial charge in [-0.15, -0.1) is 0 Å². The zero-order valence-corrected chi connectivity index (χ0v) is 14.4. The summed E-state index contributed by atoms with van der Waals surface area (Å²) in [5, 5.41) is 0. The molecule has 0 saturated heterocycles. The van der Waals surface area contributed by atoms with E-state index in [-0.39, 0.29) is 18.6 Å². The van der Waals surface area contributed by atoms with Gasteiger partial charge in [-0.1, -0.05) is 42.5 Å². The highest BCUT2D eigenvalue weighted by atomic mass is 16.5. The van der Waals surface area contributed by atoms with Gasteiger partial charge in [0.1, 0.15) is 5.75 Å². The number of hydrogen-bond acceptors (Lipinski definition) is 3. The molecule has 0 saturated carbocycles. The second-order valence-electron chi connectivity index (χ2n) is 5.69. The van der Waals surface area contributed by atoms with Crippen LogP contribution in [0.2, 0.25) is 0 Å². The number of ether oxygens (including phenoxy) is 1. The first-order chi connectivity index (χ1) is 12.0. The number of primary amides is 1. The summed E-state index contributed by atoms with van der Waals surface area (Å²) >= 11 is 0. The number of hydrogen-bond donors (Lipinski definition) is 1. The standard InChI is InChI=1S/C20H22N2O3/c1-15(17-6-4-3-5-7-17)22(2)20(24)13-10-16-8-11-18(12-9-16)25-14-19(21)23/h3-13,15H,14H2,1-2H3,(H2,21,23). The van der Waals surface area contributed by atoms with Crippen LogP contribution in [0.25, 0.3) is 6.08 Å². The zero-order chi connectivity index (χ0) is 18.2. The minimum Gasteiger partial charge on any atom is -0.484 e. The molecule has 2 aromatic carbocycles. The van der Waals surface area contributed by atoms with Gasteiger partial charge in [-0.05, 0) is 36.3 Å². The van der Waals surface area contributed by atoms with Gasteiger partial charge in [-0.3, -0.25) is 9.59 Å². The summed E-state index contributed by atoms with van der Waals surface area (Å²) in [6.45, 7) is 1.84. The van der Waals surface area contributed by atoms with E-state index in [0.29, 0.717) is 5.75 Å². The normalized spacial score (nSPS) is 11.9. The number of likely N-dealkylation sites (N-methyl/N-ethyl adjacent to an activating group) is 1. The van der Waals surface area contributed by atoms with Crippen LogP contribution in [-0.4, -0.2) is 30.4 Å². The van der Waals surface area contributed by atoms with Crippen LogP contribution in [0, 0.1) is 0 Å². The van der Waals surface area contributed by atoms with Crippen LogP contribution < -0.4 is 10.5 Å². The molecule has 0 spiro atoms.